The van der Waals surface area contributed by atoms with Gasteiger partial charge in [-0.1, -0.05) is 24.3 Å². The quantitative estimate of drug-likeness (QED) is 0.728. The molecule has 0 spiro atoms. The van der Waals surface area contributed by atoms with Crippen molar-refractivity contribution in [1.82, 2.24) is 10.0 Å². The van der Waals surface area contributed by atoms with Crippen LogP contribution < -0.4 is 14.8 Å². The second-order valence-corrected chi connectivity index (χ2v) is 8.55. The summed E-state index contributed by atoms with van der Waals surface area (Å²) in [6, 6.07) is 10.7. The number of nitrogens with one attached hydrogen (secondary N) is 2. The van der Waals surface area contributed by atoms with Crippen LogP contribution in [0.15, 0.2) is 41.3 Å². The molecule has 150 valence electrons. The number of fused-ring (bicyclic) bond motifs is 1. The molecule has 0 unspecified atom stereocenters. The van der Waals surface area contributed by atoms with Gasteiger partial charge in [-0.25, -0.2) is 13.1 Å². The van der Waals surface area contributed by atoms with E-state index in [0.717, 1.165) is 31.3 Å². The van der Waals surface area contributed by atoms with E-state index in [1.54, 1.807) is 26.4 Å². The Morgan fingerprint density at radius 3 is 2.37 bits per heavy atom. The number of benzene rings is 2. The van der Waals surface area contributed by atoms with Crippen LogP contribution in [0, 0.1) is 5.41 Å². The van der Waals surface area contributed by atoms with Crippen molar-refractivity contribution in [1.29, 1.82) is 0 Å². The molecule has 1 aliphatic rings. The van der Waals surface area contributed by atoms with Gasteiger partial charge in [-0.2, -0.15) is 0 Å². The van der Waals surface area contributed by atoms with E-state index < -0.39 is 10.0 Å². The van der Waals surface area contributed by atoms with Gasteiger partial charge in [-0.3, -0.25) is 0 Å². The van der Waals surface area contributed by atoms with Crippen LogP contribution in [0.4, 0.5) is 0 Å². The number of halogens is 1. The predicted molar refractivity (Wildman–Crippen MR) is 109 cm³/mol. The van der Waals surface area contributed by atoms with Gasteiger partial charge in [0.05, 0.1) is 18.6 Å². The van der Waals surface area contributed by atoms with Gasteiger partial charge in [-0.15, -0.1) is 12.4 Å². The number of hydrogen-bond acceptors (Lipinski definition) is 5. The van der Waals surface area contributed by atoms with Crippen molar-refractivity contribution >= 4 is 33.2 Å². The van der Waals surface area contributed by atoms with E-state index in [0.29, 0.717) is 24.3 Å². The van der Waals surface area contributed by atoms with Crippen molar-refractivity contribution in [3.05, 3.63) is 36.4 Å². The minimum atomic E-state index is -3.65. The Hall–Kier alpha value is -1.38. The highest BCUT2D eigenvalue weighted by Crippen LogP contribution is 2.32. The van der Waals surface area contributed by atoms with E-state index in [4.69, 9.17) is 9.47 Å². The van der Waals surface area contributed by atoms with Gasteiger partial charge in [0.2, 0.25) is 10.0 Å². The van der Waals surface area contributed by atoms with E-state index >= 15 is 0 Å². The summed E-state index contributed by atoms with van der Waals surface area (Å²) in [5, 5.41) is 4.76. The van der Waals surface area contributed by atoms with E-state index in [9.17, 15) is 8.42 Å². The Balaban J connectivity index is 0.00000261. The summed E-state index contributed by atoms with van der Waals surface area (Å²) in [7, 11) is -0.404. The van der Waals surface area contributed by atoms with Crippen LogP contribution >= 0.6 is 12.4 Å². The van der Waals surface area contributed by atoms with Crippen LogP contribution in [0.2, 0.25) is 0 Å². The Bertz CT molecular complexity index is 862. The molecule has 1 fully saturated rings. The number of sulfonamides is 1. The summed E-state index contributed by atoms with van der Waals surface area (Å²) >= 11 is 0. The monoisotopic (exact) mass is 414 g/mol. The highest BCUT2D eigenvalue weighted by Gasteiger charge is 2.34. The van der Waals surface area contributed by atoms with Crippen molar-refractivity contribution < 1.29 is 17.9 Å². The molecule has 0 saturated carbocycles. The SMILES string of the molecule is COCC1(CNS(=O)(=O)c2ccc(OC)c3ccccc23)CCNCC1.Cl. The average Bonchev–Trinajstić information content (AvgIpc) is 2.66. The number of methoxy groups -OCH3 is 2. The molecule has 2 aromatic rings. The summed E-state index contributed by atoms with van der Waals surface area (Å²) in [4.78, 5) is 0.274. The molecule has 0 radical (unpaired) electrons. The summed E-state index contributed by atoms with van der Waals surface area (Å²) in [6.07, 6.45) is 1.76. The Kier molecular flexibility index (Phi) is 7.47. The standard InChI is InChI=1S/C19H26N2O4S.ClH/c1-24-14-19(9-11-20-12-10-19)13-21-26(22,23)18-8-7-17(25-2)15-5-3-4-6-16(15)18;/h3-8,20-21H,9-14H2,1-2H3;1H. The van der Waals surface area contributed by atoms with Crippen molar-refractivity contribution in [3.8, 4) is 5.75 Å². The average molecular weight is 415 g/mol. The zero-order valence-electron chi connectivity index (χ0n) is 15.7. The molecule has 3 rings (SSSR count). The lowest BCUT2D eigenvalue weighted by molar-refractivity contribution is 0.0577. The molecule has 8 heteroatoms. The fraction of sp³-hybridized carbons (Fsp3) is 0.474. The zero-order chi connectivity index (χ0) is 18.6. The molecular weight excluding hydrogens is 388 g/mol. The number of piperidine rings is 1. The first-order valence-electron chi connectivity index (χ1n) is 8.76. The Labute approximate surface area is 167 Å². The first kappa shape index (κ1) is 21.9. The van der Waals surface area contributed by atoms with Crippen molar-refractivity contribution in [2.75, 3.05) is 40.5 Å². The van der Waals surface area contributed by atoms with Gasteiger partial charge < -0.3 is 14.8 Å². The summed E-state index contributed by atoms with van der Waals surface area (Å²) in [5.74, 6) is 0.661. The number of rotatable bonds is 7. The van der Waals surface area contributed by atoms with Crippen LogP contribution in [0.25, 0.3) is 10.8 Å². The fourth-order valence-corrected chi connectivity index (χ4v) is 4.98. The predicted octanol–water partition coefficient (Wildman–Crippen LogP) is 2.56. The van der Waals surface area contributed by atoms with Crippen LogP contribution in [0.1, 0.15) is 12.8 Å². The highest BCUT2D eigenvalue weighted by atomic mass is 35.5. The maximum atomic E-state index is 13.0. The molecule has 2 aromatic carbocycles. The van der Waals surface area contributed by atoms with Gasteiger partial charge >= 0.3 is 0 Å². The molecule has 6 nitrogen and oxygen atoms in total. The van der Waals surface area contributed by atoms with Gasteiger partial charge in [0.25, 0.3) is 0 Å². The molecule has 1 saturated heterocycles. The third-order valence-electron chi connectivity index (χ3n) is 5.11. The highest BCUT2D eigenvalue weighted by molar-refractivity contribution is 7.89. The maximum Gasteiger partial charge on any atom is 0.241 e. The summed E-state index contributed by atoms with van der Waals surface area (Å²) < 4.78 is 39.6. The lowest BCUT2D eigenvalue weighted by Gasteiger charge is -2.37. The van der Waals surface area contributed by atoms with E-state index in [2.05, 4.69) is 10.0 Å². The van der Waals surface area contributed by atoms with E-state index in [1.807, 2.05) is 24.3 Å². The van der Waals surface area contributed by atoms with Gasteiger partial charge in [0.15, 0.2) is 0 Å². The molecule has 1 heterocycles. The van der Waals surface area contributed by atoms with Crippen molar-refractivity contribution in [3.63, 3.8) is 0 Å². The molecule has 2 N–H and O–H groups in total. The molecule has 0 amide bonds. The summed E-state index contributed by atoms with van der Waals surface area (Å²) in [6.45, 7) is 2.65. The van der Waals surface area contributed by atoms with E-state index in [1.165, 1.54) is 0 Å². The van der Waals surface area contributed by atoms with Gasteiger partial charge in [0, 0.05) is 29.8 Å². The second-order valence-electron chi connectivity index (χ2n) is 6.82. The Morgan fingerprint density at radius 2 is 1.74 bits per heavy atom. The molecule has 0 bridgehead atoms. The molecule has 27 heavy (non-hydrogen) atoms. The second kappa shape index (κ2) is 9.21. The molecular formula is C19H27ClN2O4S. The summed E-state index contributed by atoms with van der Waals surface area (Å²) in [5.41, 5.74) is -0.171. The molecule has 0 aromatic heterocycles. The third kappa shape index (κ3) is 4.73. The maximum absolute atomic E-state index is 13.0. The first-order valence-corrected chi connectivity index (χ1v) is 10.2. The van der Waals surface area contributed by atoms with Crippen LogP contribution in [-0.4, -0.2) is 48.9 Å². The third-order valence-corrected chi connectivity index (χ3v) is 6.56. The number of ether oxygens (including phenoxy) is 2. The Morgan fingerprint density at radius 1 is 1.07 bits per heavy atom. The fourth-order valence-electron chi connectivity index (χ4n) is 3.62. The lowest BCUT2D eigenvalue weighted by atomic mass is 9.80. The van der Waals surface area contributed by atoms with Crippen molar-refractivity contribution in [2.24, 2.45) is 5.41 Å². The molecule has 1 aliphatic heterocycles. The van der Waals surface area contributed by atoms with Crippen LogP contribution in [0.3, 0.4) is 0 Å². The minimum absolute atomic E-state index is 0. The topological polar surface area (TPSA) is 76.7 Å². The number of hydrogen-bond donors (Lipinski definition) is 2. The van der Waals surface area contributed by atoms with E-state index in [-0.39, 0.29) is 22.7 Å². The normalized spacial score (nSPS) is 16.7. The van der Waals surface area contributed by atoms with Crippen LogP contribution in [-0.2, 0) is 14.8 Å². The first-order chi connectivity index (χ1) is 12.5. The molecule has 0 atom stereocenters. The van der Waals surface area contributed by atoms with Crippen LogP contribution in [0.5, 0.6) is 5.75 Å². The minimum Gasteiger partial charge on any atom is -0.496 e. The van der Waals surface area contributed by atoms with Crippen molar-refractivity contribution in [2.45, 2.75) is 17.7 Å². The smallest absolute Gasteiger partial charge is 0.241 e. The molecule has 0 aliphatic carbocycles. The largest absolute Gasteiger partial charge is 0.496 e. The lowest BCUT2D eigenvalue weighted by Crippen LogP contribution is -2.47. The van der Waals surface area contributed by atoms with Gasteiger partial charge in [-0.05, 0) is 38.1 Å². The zero-order valence-corrected chi connectivity index (χ0v) is 17.3. The van der Waals surface area contributed by atoms with Gasteiger partial charge in [0.1, 0.15) is 5.75 Å².